The first kappa shape index (κ1) is 20.9. The van der Waals surface area contributed by atoms with Gasteiger partial charge in [-0.05, 0) is 29.7 Å². The van der Waals surface area contributed by atoms with Crippen LogP contribution in [0.3, 0.4) is 0 Å². The van der Waals surface area contributed by atoms with Crippen LogP contribution >= 0.6 is 0 Å². The van der Waals surface area contributed by atoms with Crippen LogP contribution < -0.4 is 4.74 Å². The first-order chi connectivity index (χ1) is 14.0. The Hall–Kier alpha value is -2.86. The number of ether oxygens (including phenoxy) is 2. The molecule has 1 heterocycles. The summed E-state index contributed by atoms with van der Waals surface area (Å²) in [6, 6.07) is 17.8. The van der Waals surface area contributed by atoms with Crippen LogP contribution in [0, 0.1) is 0 Å². The minimum atomic E-state index is -0.243. The highest BCUT2D eigenvalue weighted by Crippen LogP contribution is 2.16. The van der Waals surface area contributed by atoms with Crippen LogP contribution in [-0.2, 0) is 27.4 Å². The molecular formula is C23H28N2O4. The van der Waals surface area contributed by atoms with Crippen molar-refractivity contribution in [1.29, 1.82) is 0 Å². The van der Waals surface area contributed by atoms with E-state index in [2.05, 4.69) is 12.1 Å². The Balaban J connectivity index is 1.66. The van der Waals surface area contributed by atoms with Crippen molar-refractivity contribution in [3.05, 3.63) is 65.7 Å². The van der Waals surface area contributed by atoms with Crippen LogP contribution in [0.4, 0.5) is 0 Å². The zero-order valence-electron chi connectivity index (χ0n) is 17.0. The van der Waals surface area contributed by atoms with Gasteiger partial charge in [-0.3, -0.25) is 9.59 Å². The van der Waals surface area contributed by atoms with Gasteiger partial charge in [-0.15, -0.1) is 0 Å². The fourth-order valence-electron chi connectivity index (χ4n) is 3.43. The van der Waals surface area contributed by atoms with Gasteiger partial charge in [0.15, 0.2) is 0 Å². The summed E-state index contributed by atoms with van der Waals surface area (Å²) < 4.78 is 11.4. The lowest BCUT2D eigenvalue weighted by atomic mass is 10.1. The van der Waals surface area contributed by atoms with E-state index in [9.17, 15) is 9.59 Å². The number of methoxy groups -OCH3 is 1. The molecule has 2 aromatic rings. The van der Waals surface area contributed by atoms with Gasteiger partial charge >= 0.3 is 0 Å². The smallest absolute Gasteiger partial charge is 0.242 e. The van der Waals surface area contributed by atoms with Crippen molar-refractivity contribution in [2.75, 3.05) is 33.3 Å². The van der Waals surface area contributed by atoms with Crippen molar-refractivity contribution in [1.82, 2.24) is 9.80 Å². The van der Waals surface area contributed by atoms with Gasteiger partial charge < -0.3 is 19.3 Å². The topological polar surface area (TPSA) is 59.1 Å². The van der Waals surface area contributed by atoms with E-state index < -0.39 is 0 Å². The van der Waals surface area contributed by atoms with E-state index in [1.54, 1.807) is 12.0 Å². The summed E-state index contributed by atoms with van der Waals surface area (Å²) >= 11 is 0. The highest BCUT2D eigenvalue weighted by Gasteiger charge is 2.29. The summed E-state index contributed by atoms with van der Waals surface area (Å²) in [7, 11) is 1.63. The Kier molecular flexibility index (Phi) is 7.25. The average molecular weight is 396 g/mol. The molecule has 0 aliphatic carbocycles. The molecule has 6 heteroatoms. The number of hydrogen-bond donors (Lipinski definition) is 0. The number of benzene rings is 2. The molecule has 0 saturated carbocycles. The van der Waals surface area contributed by atoms with Crippen LogP contribution in [0.5, 0.6) is 5.75 Å². The minimum Gasteiger partial charge on any atom is -0.497 e. The zero-order valence-corrected chi connectivity index (χ0v) is 17.0. The summed E-state index contributed by atoms with van der Waals surface area (Å²) in [5, 5.41) is 0. The average Bonchev–Trinajstić information content (AvgIpc) is 2.90. The molecule has 2 amide bonds. The van der Waals surface area contributed by atoms with Gasteiger partial charge in [-0.25, -0.2) is 0 Å². The molecule has 3 rings (SSSR count). The lowest BCUT2D eigenvalue weighted by Crippen LogP contribution is -2.39. The zero-order chi connectivity index (χ0) is 20.6. The SMILES string of the molecule is COc1cccc(COC2CN(C(C)=O)CC(=O)N(CCc3ccccc3)C2)c1. The van der Waals surface area contributed by atoms with Gasteiger partial charge in [0.25, 0.3) is 0 Å². The van der Waals surface area contributed by atoms with Crippen LogP contribution in [0.15, 0.2) is 54.6 Å². The second-order valence-electron chi connectivity index (χ2n) is 7.26. The fraction of sp³-hybridized carbons (Fsp3) is 0.391. The summed E-state index contributed by atoms with van der Waals surface area (Å²) in [5.41, 5.74) is 2.17. The highest BCUT2D eigenvalue weighted by atomic mass is 16.5. The highest BCUT2D eigenvalue weighted by molar-refractivity contribution is 5.84. The second kappa shape index (κ2) is 10.1. The van der Waals surface area contributed by atoms with E-state index in [1.807, 2.05) is 47.4 Å². The van der Waals surface area contributed by atoms with Crippen LogP contribution in [0.1, 0.15) is 18.1 Å². The van der Waals surface area contributed by atoms with Crippen molar-refractivity contribution < 1.29 is 19.1 Å². The summed E-state index contributed by atoms with van der Waals surface area (Å²) in [5.74, 6) is 0.624. The Morgan fingerprint density at radius 3 is 2.55 bits per heavy atom. The molecule has 1 saturated heterocycles. The number of carbonyl (C=O) groups is 2. The first-order valence-corrected chi connectivity index (χ1v) is 9.87. The van der Waals surface area contributed by atoms with Crippen molar-refractivity contribution in [2.24, 2.45) is 0 Å². The number of hydrogen-bond acceptors (Lipinski definition) is 4. The van der Waals surface area contributed by atoms with Crippen molar-refractivity contribution in [3.63, 3.8) is 0 Å². The minimum absolute atomic E-state index is 0.0383. The lowest BCUT2D eigenvalue weighted by molar-refractivity contribution is -0.137. The normalized spacial score (nSPS) is 17.2. The number of carbonyl (C=O) groups excluding carboxylic acids is 2. The molecule has 1 atom stereocenters. The predicted octanol–water partition coefficient (Wildman–Crippen LogP) is 2.51. The van der Waals surface area contributed by atoms with Gasteiger partial charge in [-0.1, -0.05) is 42.5 Å². The van der Waals surface area contributed by atoms with Crippen LogP contribution in [0.25, 0.3) is 0 Å². The Labute approximate surface area is 172 Å². The van der Waals surface area contributed by atoms with Crippen molar-refractivity contribution in [2.45, 2.75) is 26.1 Å². The lowest BCUT2D eigenvalue weighted by Gasteiger charge is -2.24. The molecule has 29 heavy (non-hydrogen) atoms. The molecule has 0 aromatic heterocycles. The van der Waals surface area contributed by atoms with Gasteiger partial charge in [0.05, 0.1) is 26.4 Å². The molecule has 1 aliphatic heterocycles. The van der Waals surface area contributed by atoms with Gasteiger partial charge in [0.2, 0.25) is 11.8 Å². The molecule has 1 aliphatic rings. The van der Waals surface area contributed by atoms with E-state index in [-0.39, 0.29) is 24.5 Å². The third kappa shape index (κ3) is 6.06. The molecule has 154 valence electrons. The summed E-state index contributed by atoms with van der Waals surface area (Å²) in [4.78, 5) is 28.1. The molecular weight excluding hydrogens is 368 g/mol. The van der Waals surface area contributed by atoms with Gasteiger partial charge in [0, 0.05) is 26.6 Å². The van der Waals surface area contributed by atoms with Crippen molar-refractivity contribution >= 4 is 11.8 Å². The van der Waals surface area contributed by atoms with E-state index in [0.717, 1.165) is 17.7 Å². The van der Waals surface area contributed by atoms with Crippen LogP contribution in [0.2, 0.25) is 0 Å². The predicted molar refractivity (Wildman–Crippen MR) is 111 cm³/mol. The Bertz CT molecular complexity index is 825. The quantitative estimate of drug-likeness (QED) is 0.722. The molecule has 0 bridgehead atoms. The molecule has 0 N–H and O–H groups in total. The van der Waals surface area contributed by atoms with E-state index in [0.29, 0.717) is 26.2 Å². The first-order valence-electron chi connectivity index (χ1n) is 9.87. The van der Waals surface area contributed by atoms with E-state index in [4.69, 9.17) is 9.47 Å². The van der Waals surface area contributed by atoms with Crippen molar-refractivity contribution in [3.8, 4) is 5.75 Å². The largest absolute Gasteiger partial charge is 0.497 e. The summed E-state index contributed by atoms with van der Waals surface area (Å²) in [6.07, 6.45) is 0.530. The van der Waals surface area contributed by atoms with Gasteiger partial charge in [-0.2, -0.15) is 0 Å². The second-order valence-corrected chi connectivity index (χ2v) is 7.26. The van der Waals surface area contributed by atoms with Crippen LogP contribution in [-0.4, -0.2) is 61.0 Å². The third-order valence-corrected chi connectivity index (χ3v) is 5.11. The monoisotopic (exact) mass is 396 g/mol. The third-order valence-electron chi connectivity index (χ3n) is 5.11. The number of rotatable bonds is 7. The standard InChI is InChI=1S/C23H28N2O4/c1-18(26)25-15-22(29-17-20-9-6-10-21(13-20)28-2)14-24(23(27)16-25)12-11-19-7-4-3-5-8-19/h3-10,13,22H,11-12,14-17H2,1-2H3. The molecule has 0 spiro atoms. The maximum Gasteiger partial charge on any atom is 0.242 e. The molecule has 0 radical (unpaired) electrons. The number of nitrogens with zero attached hydrogens (tertiary/aromatic N) is 2. The number of amides is 2. The fourth-order valence-corrected chi connectivity index (χ4v) is 3.43. The Morgan fingerprint density at radius 1 is 1.07 bits per heavy atom. The maximum absolute atomic E-state index is 12.7. The van der Waals surface area contributed by atoms with E-state index >= 15 is 0 Å². The maximum atomic E-state index is 12.7. The molecule has 6 nitrogen and oxygen atoms in total. The van der Waals surface area contributed by atoms with E-state index in [1.165, 1.54) is 12.5 Å². The molecule has 1 unspecified atom stereocenters. The molecule has 2 aromatic carbocycles. The van der Waals surface area contributed by atoms with Gasteiger partial charge in [0.1, 0.15) is 5.75 Å². The molecule has 1 fully saturated rings. The Morgan fingerprint density at radius 2 is 1.83 bits per heavy atom. The summed E-state index contributed by atoms with van der Waals surface area (Å²) in [6.45, 7) is 3.48.